The predicted octanol–water partition coefficient (Wildman–Crippen LogP) is 5.97. The van der Waals surface area contributed by atoms with Crippen molar-refractivity contribution in [1.29, 1.82) is 0 Å². The number of carbonyl (C=O) groups excluding carboxylic acids is 2. The van der Waals surface area contributed by atoms with Crippen molar-refractivity contribution in [1.82, 2.24) is 10.2 Å². The number of anilines is 1. The first kappa shape index (κ1) is 31.7. The van der Waals surface area contributed by atoms with Gasteiger partial charge in [-0.1, -0.05) is 84.2 Å². The molecule has 214 valence electrons. The highest BCUT2D eigenvalue weighted by molar-refractivity contribution is 7.92. The van der Waals surface area contributed by atoms with Gasteiger partial charge in [-0.25, -0.2) is 8.42 Å². The van der Waals surface area contributed by atoms with Crippen molar-refractivity contribution in [3.05, 3.63) is 99.0 Å². The number of rotatable bonds is 12. The van der Waals surface area contributed by atoms with Crippen LogP contribution in [-0.2, 0) is 32.6 Å². The summed E-state index contributed by atoms with van der Waals surface area (Å²) in [5.74, 6) is -0.943. The van der Waals surface area contributed by atoms with E-state index in [0.29, 0.717) is 27.1 Å². The van der Waals surface area contributed by atoms with Crippen molar-refractivity contribution < 1.29 is 18.0 Å². The van der Waals surface area contributed by atoms with Crippen LogP contribution in [0.5, 0.6) is 0 Å². The highest BCUT2D eigenvalue weighted by Gasteiger charge is 2.33. The molecule has 2 atom stereocenters. The summed E-state index contributed by atoms with van der Waals surface area (Å²) < 4.78 is 26.6. The third kappa shape index (κ3) is 8.86. The largest absolute Gasteiger partial charge is 0.352 e. The van der Waals surface area contributed by atoms with Crippen LogP contribution in [0.25, 0.3) is 0 Å². The van der Waals surface area contributed by atoms with Gasteiger partial charge >= 0.3 is 0 Å². The molecule has 0 unspecified atom stereocenters. The molecule has 40 heavy (non-hydrogen) atoms. The van der Waals surface area contributed by atoms with E-state index in [9.17, 15) is 18.0 Å². The first-order valence-corrected chi connectivity index (χ1v) is 15.7. The minimum absolute atomic E-state index is 0.0482. The van der Waals surface area contributed by atoms with Crippen molar-refractivity contribution in [3.63, 3.8) is 0 Å². The van der Waals surface area contributed by atoms with Crippen LogP contribution in [-0.4, -0.2) is 50.0 Å². The van der Waals surface area contributed by atoms with E-state index < -0.39 is 28.5 Å². The Balaban J connectivity index is 2.09. The highest BCUT2D eigenvalue weighted by Crippen LogP contribution is 2.26. The molecule has 0 heterocycles. The van der Waals surface area contributed by atoms with Gasteiger partial charge in [0.1, 0.15) is 12.6 Å². The summed E-state index contributed by atoms with van der Waals surface area (Å²) in [6, 6.07) is 19.3. The molecule has 0 radical (unpaired) electrons. The molecule has 0 fully saturated rings. The minimum atomic E-state index is -3.89. The number of amides is 2. The molecule has 0 spiro atoms. The standard InChI is InChI=1S/C29H32Cl3N3O4S/c1-4-20(2)33-29(37)27(15-21-9-6-5-7-10-21)34(18-22-13-14-24(31)17-26(22)32)28(36)19-35(40(3,38)39)25-12-8-11-23(30)16-25/h5-14,16-17,20,27H,4,15,18-19H2,1-3H3,(H,33,37)/t20-,27-/m0/s1. The molecular weight excluding hydrogens is 593 g/mol. The molecule has 0 saturated heterocycles. The molecule has 0 aliphatic heterocycles. The van der Waals surface area contributed by atoms with E-state index in [1.165, 1.54) is 11.0 Å². The third-order valence-electron chi connectivity index (χ3n) is 6.40. The van der Waals surface area contributed by atoms with Gasteiger partial charge in [-0.05, 0) is 54.8 Å². The predicted molar refractivity (Wildman–Crippen MR) is 162 cm³/mol. The van der Waals surface area contributed by atoms with E-state index in [1.807, 2.05) is 44.2 Å². The SMILES string of the molecule is CC[C@H](C)NC(=O)[C@H](Cc1ccccc1)N(Cc1ccc(Cl)cc1Cl)C(=O)CN(c1cccc(Cl)c1)S(C)(=O)=O. The van der Waals surface area contributed by atoms with Crippen molar-refractivity contribution in [3.8, 4) is 0 Å². The average Bonchev–Trinajstić information content (AvgIpc) is 2.90. The molecule has 3 aromatic carbocycles. The summed E-state index contributed by atoms with van der Waals surface area (Å²) >= 11 is 18.7. The van der Waals surface area contributed by atoms with Gasteiger partial charge in [0.25, 0.3) is 0 Å². The average molecular weight is 625 g/mol. The Morgan fingerprint density at radius 3 is 2.20 bits per heavy atom. The maximum atomic E-state index is 14.1. The summed E-state index contributed by atoms with van der Waals surface area (Å²) in [6.45, 7) is 3.23. The molecule has 1 N–H and O–H groups in total. The molecule has 0 bridgehead atoms. The Kier molecular flexibility index (Phi) is 11.3. The molecule has 7 nitrogen and oxygen atoms in total. The van der Waals surface area contributed by atoms with E-state index in [2.05, 4.69) is 5.32 Å². The Labute approximate surface area is 251 Å². The van der Waals surface area contributed by atoms with Crippen LogP contribution in [0.2, 0.25) is 15.1 Å². The number of benzene rings is 3. The zero-order valence-corrected chi connectivity index (χ0v) is 25.6. The summed E-state index contributed by atoms with van der Waals surface area (Å²) in [7, 11) is -3.89. The highest BCUT2D eigenvalue weighted by atomic mass is 35.5. The lowest BCUT2D eigenvalue weighted by molar-refractivity contribution is -0.140. The first-order chi connectivity index (χ1) is 18.9. The van der Waals surface area contributed by atoms with E-state index in [1.54, 1.807) is 36.4 Å². The van der Waals surface area contributed by atoms with Crippen LogP contribution < -0.4 is 9.62 Å². The number of sulfonamides is 1. The zero-order chi connectivity index (χ0) is 29.4. The fourth-order valence-electron chi connectivity index (χ4n) is 4.07. The van der Waals surface area contributed by atoms with Gasteiger partial charge < -0.3 is 10.2 Å². The fraction of sp³-hybridized carbons (Fsp3) is 0.310. The van der Waals surface area contributed by atoms with Gasteiger partial charge in [0.05, 0.1) is 11.9 Å². The fourth-order valence-corrected chi connectivity index (χ4v) is 5.57. The molecule has 0 aliphatic carbocycles. The van der Waals surface area contributed by atoms with Gasteiger partial charge in [0.2, 0.25) is 21.8 Å². The van der Waals surface area contributed by atoms with Crippen LogP contribution in [0, 0.1) is 0 Å². The van der Waals surface area contributed by atoms with Gasteiger partial charge in [0, 0.05) is 34.1 Å². The second kappa shape index (κ2) is 14.2. The van der Waals surface area contributed by atoms with Crippen LogP contribution in [0.4, 0.5) is 5.69 Å². The lowest BCUT2D eigenvalue weighted by atomic mass is 10.0. The molecule has 2 amide bonds. The summed E-state index contributed by atoms with van der Waals surface area (Å²) in [4.78, 5) is 29.1. The molecule has 0 aliphatic rings. The number of carbonyl (C=O) groups is 2. The monoisotopic (exact) mass is 623 g/mol. The summed E-state index contributed by atoms with van der Waals surface area (Å²) in [5.41, 5.74) is 1.63. The van der Waals surface area contributed by atoms with Crippen LogP contribution in [0.1, 0.15) is 31.4 Å². The van der Waals surface area contributed by atoms with Crippen molar-refractivity contribution in [2.24, 2.45) is 0 Å². The Bertz CT molecular complexity index is 1440. The Morgan fingerprint density at radius 2 is 1.60 bits per heavy atom. The summed E-state index contributed by atoms with van der Waals surface area (Å²) in [5, 5.41) is 4.04. The van der Waals surface area contributed by atoms with Gasteiger partial charge in [0.15, 0.2) is 0 Å². The number of nitrogens with zero attached hydrogens (tertiary/aromatic N) is 2. The quantitative estimate of drug-likeness (QED) is 0.269. The molecule has 0 aromatic heterocycles. The first-order valence-electron chi connectivity index (χ1n) is 12.7. The van der Waals surface area contributed by atoms with Crippen molar-refractivity contribution in [2.75, 3.05) is 17.1 Å². The van der Waals surface area contributed by atoms with E-state index in [0.717, 1.165) is 16.1 Å². The van der Waals surface area contributed by atoms with Crippen LogP contribution >= 0.6 is 34.8 Å². The normalized spacial score (nSPS) is 12.8. The number of hydrogen-bond donors (Lipinski definition) is 1. The lowest BCUT2D eigenvalue weighted by Crippen LogP contribution is -2.54. The topological polar surface area (TPSA) is 86.8 Å². The van der Waals surface area contributed by atoms with Crippen LogP contribution in [0.3, 0.4) is 0 Å². The van der Waals surface area contributed by atoms with Crippen molar-refractivity contribution >= 4 is 62.3 Å². The second-order valence-corrected chi connectivity index (χ2v) is 12.7. The second-order valence-electron chi connectivity index (χ2n) is 9.53. The molecule has 3 aromatic rings. The minimum Gasteiger partial charge on any atom is -0.352 e. The van der Waals surface area contributed by atoms with E-state index >= 15 is 0 Å². The summed E-state index contributed by atoms with van der Waals surface area (Å²) in [6.07, 6.45) is 1.91. The smallest absolute Gasteiger partial charge is 0.244 e. The maximum absolute atomic E-state index is 14.1. The maximum Gasteiger partial charge on any atom is 0.244 e. The number of halogens is 3. The van der Waals surface area contributed by atoms with Gasteiger partial charge in [-0.15, -0.1) is 0 Å². The molecule has 3 rings (SSSR count). The number of nitrogens with one attached hydrogen (secondary N) is 1. The number of hydrogen-bond acceptors (Lipinski definition) is 4. The van der Waals surface area contributed by atoms with Gasteiger partial charge in [-0.3, -0.25) is 13.9 Å². The Morgan fingerprint density at radius 1 is 0.925 bits per heavy atom. The third-order valence-corrected chi connectivity index (χ3v) is 8.37. The van der Waals surface area contributed by atoms with E-state index in [4.69, 9.17) is 34.8 Å². The van der Waals surface area contributed by atoms with Crippen LogP contribution in [0.15, 0.2) is 72.8 Å². The Hall–Kier alpha value is -2.78. The van der Waals surface area contributed by atoms with Gasteiger partial charge in [-0.2, -0.15) is 0 Å². The zero-order valence-electron chi connectivity index (χ0n) is 22.5. The molecule has 0 saturated carbocycles. The molecule has 11 heteroatoms. The van der Waals surface area contributed by atoms with E-state index in [-0.39, 0.29) is 30.6 Å². The van der Waals surface area contributed by atoms with Crippen molar-refractivity contribution in [2.45, 2.75) is 45.3 Å². The lowest BCUT2D eigenvalue weighted by Gasteiger charge is -2.34. The molecular formula is C29H32Cl3N3O4S.